The van der Waals surface area contributed by atoms with Gasteiger partial charge in [0.05, 0.1) is 4.92 Å². The molecule has 0 aromatic heterocycles. The van der Waals surface area contributed by atoms with Crippen molar-refractivity contribution in [3.05, 3.63) is 28.3 Å². The molecule has 6 heteroatoms. The average Bonchev–Trinajstić information content (AvgIpc) is 2.27. The van der Waals surface area contributed by atoms with Gasteiger partial charge in [-0.3, -0.25) is 16.0 Å². The van der Waals surface area contributed by atoms with Crippen LogP contribution in [0.25, 0.3) is 0 Å². The minimum atomic E-state index is -0.440. The zero-order chi connectivity index (χ0) is 13.0. The molecule has 0 fully saturated rings. The second kappa shape index (κ2) is 5.49. The van der Waals surface area contributed by atoms with Gasteiger partial charge in [0.1, 0.15) is 11.4 Å². The van der Waals surface area contributed by atoms with Gasteiger partial charge in [0.25, 0.3) is 0 Å². The summed E-state index contributed by atoms with van der Waals surface area (Å²) in [6, 6.07) is 5.11. The van der Waals surface area contributed by atoms with Gasteiger partial charge in [-0.25, -0.2) is 0 Å². The summed E-state index contributed by atoms with van der Waals surface area (Å²) in [6.07, 6.45) is 0. The van der Waals surface area contributed by atoms with Gasteiger partial charge in [0, 0.05) is 6.04 Å². The molecule has 1 aromatic carbocycles. The normalized spacial score (nSPS) is 12.3. The first-order chi connectivity index (χ1) is 7.97. The van der Waals surface area contributed by atoms with E-state index in [1.807, 2.05) is 6.92 Å². The van der Waals surface area contributed by atoms with Crippen molar-refractivity contribution in [3.63, 3.8) is 0 Å². The lowest BCUT2D eigenvalue weighted by Gasteiger charge is -2.19. The number of hydrogen-bond donors (Lipinski definition) is 3. The lowest BCUT2D eigenvalue weighted by atomic mass is 10.1. The third-order valence-electron chi connectivity index (χ3n) is 2.76. The molecule has 0 amide bonds. The summed E-state index contributed by atoms with van der Waals surface area (Å²) in [6.45, 7) is 6.08. The average molecular weight is 238 g/mol. The largest absolute Gasteiger partial charge is 0.377 e. The summed E-state index contributed by atoms with van der Waals surface area (Å²) >= 11 is 0. The Bertz CT molecular complexity index is 406. The fourth-order valence-electron chi connectivity index (χ4n) is 1.39. The van der Waals surface area contributed by atoms with E-state index < -0.39 is 4.92 Å². The van der Waals surface area contributed by atoms with Gasteiger partial charge in [-0.05, 0) is 25.0 Å². The Morgan fingerprint density at radius 2 is 1.88 bits per heavy atom. The number of nitrogens with zero attached hydrogens (tertiary/aromatic N) is 1. The number of rotatable bonds is 5. The number of nitrogens with two attached hydrogens (primary N) is 1. The molecule has 0 aliphatic rings. The van der Waals surface area contributed by atoms with Gasteiger partial charge in [-0.2, -0.15) is 0 Å². The maximum absolute atomic E-state index is 11.0. The van der Waals surface area contributed by atoms with Gasteiger partial charge in [0.15, 0.2) is 0 Å². The molecule has 0 heterocycles. The lowest BCUT2D eigenvalue weighted by molar-refractivity contribution is -0.383. The highest BCUT2D eigenvalue weighted by molar-refractivity contribution is 5.76. The summed E-state index contributed by atoms with van der Waals surface area (Å²) in [5, 5.41) is 14.2. The highest BCUT2D eigenvalue weighted by Gasteiger charge is 2.20. The summed E-state index contributed by atoms with van der Waals surface area (Å²) < 4.78 is 0. The fraction of sp³-hybridized carbons (Fsp3) is 0.455. The van der Waals surface area contributed by atoms with Crippen LogP contribution in [0.2, 0.25) is 0 Å². The molecule has 0 aliphatic carbocycles. The Balaban J connectivity index is 3.10. The first-order valence-electron chi connectivity index (χ1n) is 5.48. The van der Waals surface area contributed by atoms with Crippen LogP contribution >= 0.6 is 0 Å². The predicted octanol–water partition coefficient (Wildman–Crippen LogP) is 2.34. The van der Waals surface area contributed by atoms with Crippen LogP contribution in [0.15, 0.2) is 18.2 Å². The van der Waals surface area contributed by atoms with Gasteiger partial charge >= 0.3 is 5.69 Å². The predicted molar refractivity (Wildman–Crippen MR) is 68.8 cm³/mol. The van der Waals surface area contributed by atoms with Crippen molar-refractivity contribution in [1.29, 1.82) is 0 Å². The first kappa shape index (κ1) is 13.2. The van der Waals surface area contributed by atoms with E-state index in [9.17, 15) is 10.1 Å². The van der Waals surface area contributed by atoms with Crippen molar-refractivity contribution in [2.24, 2.45) is 11.8 Å². The van der Waals surface area contributed by atoms with Crippen LogP contribution in [0.4, 0.5) is 17.1 Å². The topological polar surface area (TPSA) is 93.2 Å². The van der Waals surface area contributed by atoms with Crippen LogP contribution in [0, 0.1) is 16.0 Å². The van der Waals surface area contributed by atoms with E-state index in [4.69, 9.17) is 5.84 Å². The molecular weight excluding hydrogens is 220 g/mol. The molecule has 6 nitrogen and oxygen atoms in total. The van der Waals surface area contributed by atoms with Crippen molar-refractivity contribution in [2.75, 3.05) is 10.7 Å². The first-order valence-corrected chi connectivity index (χ1v) is 5.48. The van der Waals surface area contributed by atoms with E-state index in [1.165, 1.54) is 0 Å². The van der Waals surface area contributed by atoms with Crippen LogP contribution in [0.3, 0.4) is 0 Å². The number of para-hydroxylation sites is 1. The molecule has 0 radical (unpaired) electrons. The number of benzene rings is 1. The molecule has 4 N–H and O–H groups in total. The third kappa shape index (κ3) is 3.07. The quantitative estimate of drug-likeness (QED) is 0.416. The van der Waals surface area contributed by atoms with E-state index in [1.54, 1.807) is 18.2 Å². The molecular formula is C11H18N4O2. The number of anilines is 2. The Kier molecular flexibility index (Phi) is 4.28. The number of nitrogen functional groups attached to an aromatic ring is 1. The molecule has 0 saturated heterocycles. The zero-order valence-electron chi connectivity index (χ0n) is 10.2. The van der Waals surface area contributed by atoms with Crippen molar-refractivity contribution < 1.29 is 4.92 Å². The van der Waals surface area contributed by atoms with Gasteiger partial charge in [-0.15, -0.1) is 0 Å². The Hall–Kier alpha value is -1.82. The summed E-state index contributed by atoms with van der Waals surface area (Å²) in [4.78, 5) is 10.6. The number of nitro groups is 1. The molecule has 0 bridgehead atoms. The molecule has 1 aromatic rings. The second-order valence-corrected chi connectivity index (χ2v) is 4.28. The third-order valence-corrected chi connectivity index (χ3v) is 2.76. The van der Waals surface area contributed by atoms with E-state index in [0.717, 1.165) is 0 Å². The molecule has 17 heavy (non-hydrogen) atoms. The number of hydrazine groups is 1. The van der Waals surface area contributed by atoms with Crippen LogP contribution in [0.1, 0.15) is 20.8 Å². The van der Waals surface area contributed by atoms with Crippen LogP contribution in [-0.4, -0.2) is 11.0 Å². The molecule has 0 saturated carbocycles. The Morgan fingerprint density at radius 1 is 1.29 bits per heavy atom. The van der Waals surface area contributed by atoms with Crippen molar-refractivity contribution in [3.8, 4) is 0 Å². The number of hydrogen-bond acceptors (Lipinski definition) is 5. The minimum Gasteiger partial charge on any atom is -0.377 e. The Morgan fingerprint density at radius 3 is 2.35 bits per heavy atom. The van der Waals surface area contributed by atoms with E-state index in [2.05, 4.69) is 24.6 Å². The SMILES string of the molecule is CC(C)C(C)Nc1cccc(NN)c1[N+](=O)[O-]. The molecule has 1 atom stereocenters. The summed E-state index contributed by atoms with van der Waals surface area (Å²) in [5.41, 5.74) is 3.09. The molecule has 94 valence electrons. The van der Waals surface area contributed by atoms with Crippen molar-refractivity contribution in [2.45, 2.75) is 26.8 Å². The van der Waals surface area contributed by atoms with E-state index in [0.29, 0.717) is 17.3 Å². The maximum atomic E-state index is 11.0. The second-order valence-electron chi connectivity index (χ2n) is 4.28. The van der Waals surface area contributed by atoms with Crippen LogP contribution < -0.4 is 16.6 Å². The monoisotopic (exact) mass is 238 g/mol. The maximum Gasteiger partial charge on any atom is 0.316 e. The molecule has 0 spiro atoms. The van der Waals surface area contributed by atoms with Crippen LogP contribution in [-0.2, 0) is 0 Å². The highest BCUT2D eigenvalue weighted by atomic mass is 16.6. The highest BCUT2D eigenvalue weighted by Crippen LogP contribution is 2.32. The standard InChI is InChI=1S/C11H18N4O2/c1-7(2)8(3)13-9-5-4-6-10(14-12)11(9)15(16)17/h4-8,13-14H,12H2,1-3H3. The zero-order valence-corrected chi connectivity index (χ0v) is 10.2. The van der Waals surface area contributed by atoms with E-state index in [-0.39, 0.29) is 11.7 Å². The number of nitro benzene ring substituents is 1. The molecule has 0 aliphatic heterocycles. The minimum absolute atomic E-state index is 0.0255. The Labute approximate surface area is 100 Å². The van der Waals surface area contributed by atoms with Crippen molar-refractivity contribution >= 4 is 17.1 Å². The van der Waals surface area contributed by atoms with Gasteiger partial charge < -0.3 is 10.7 Å². The summed E-state index contributed by atoms with van der Waals surface area (Å²) in [5.74, 6) is 5.64. The molecule has 1 unspecified atom stereocenters. The van der Waals surface area contributed by atoms with E-state index >= 15 is 0 Å². The smallest absolute Gasteiger partial charge is 0.316 e. The van der Waals surface area contributed by atoms with Gasteiger partial charge in [0.2, 0.25) is 0 Å². The van der Waals surface area contributed by atoms with Gasteiger partial charge in [-0.1, -0.05) is 19.9 Å². The summed E-state index contributed by atoms with van der Waals surface area (Å²) in [7, 11) is 0. The van der Waals surface area contributed by atoms with Crippen molar-refractivity contribution in [1.82, 2.24) is 0 Å². The van der Waals surface area contributed by atoms with Crippen LogP contribution in [0.5, 0.6) is 0 Å². The fourth-order valence-corrected chi connectivity index (χ4v) is 1.39. The lowest BCUT2D eigenvalue weighted by Crippen LogP contribution is -2.22. The molecule has 1 rings (SSSR count). The number of nitrogens with one attached hydrogen (secondary N) is 2.